The van der Waals surface area contributed by atoms with Crippen LogP contribution >= 0.6 is 11.8 Å². The van der Waals surface area contributed by atoms with E-state index in [1.807, 2.05) is 60.7 Å². The van der Waals surface area contributed by atoms with Crippen molar-refractivity contribution in [3.63, 3.8) is 0 Å². The number of aliphatic imine (C=N–C) groups is 1. The molecule has 35 heavy (non-hydrogen) atoms. The van der Waals surface area contributed by atoms with Gasteiger partial charge in [0.1, 0.15) is 5.75 Å². The lowest BCUT2D eigenvalue weighted by Crippen LogP contribution is -2.36. The summed E-state index contributed by atoms with van der Waals surface area (Å²) in [5.41, 5.74) is 3.99. The van der Waals surface area contributed by atoms with Gasteiger partial charge < -0.3 is 14.4 Å². The summed E-state index contributed by atoms with van der Waals surface area (Å²) in [7, 11) is 1.64. The topological polar surface area (TPSA) is 54.4 Å². The van der Waals surface area contributed by atoms with Gasteiger partial charge in [-0.2, -0.15) is 0 Å². The van der Waals surface area contributed by atoms with Gasteiger partial charge in [0.15, 0.2) is 5.17 Å². The molecule has 2 fully saturated rings. The molecule has 0 bridgehead atoms. The summed E-state index contributed by atoms with van der Waals surface area (Å²) in [6, 6.07) is 25.8. The molecule has 178 valence electrons. The molecule has 1 amide bonds. The van der Waals surface area contributed by atoms with Crippen LogP contribution in [0, 0.1) is 0 Å². The Morgan fingerprint density at radius 3 is 2.37 bits per heavy atom. The van der Waals surface area contributed by atoms with E-state index in [0.29, 0.717) is 16.6 Å². The first-order valence-corrected chi connectivity index (χ1v) is 12.4. The number of ether oxygens (including phenoxy) is 2. The molecule has 3 aromatic carbocycles. The summed E-state index contributed by atoms with van der Waals surface area (Å²) in [5, 5.41) is 0.674. The minimum atomic E-state index is -0.0437. The summed E-state index contributed by atoms with van der Waals surface area (Å²) in [5.74, 6) is 0.743. The molecule has 2 aliphatic heterocycles. The van der Waals surface area contributed by atoms with Crippen molar-refractivity contribution >= 4 is 40.3 Å². The fourth-order valence-corrected chi connectivity index (χ4v) is 5.01. The fourth-order valence-electron chi connectivity index (χ4n) is 4.01. The second kappa shape index (κ2) is 10.8. The van der Waals surface area contributed by atoms with Crippen LogP contribution in [0.25, 0.3) is 6.08 Å². The lowest BCUT2D eigenvalue weighted by Gasteiger charge is -2.28. The Labute approximate surface area is 209 Å². The molecular weight excluding hydrogens is 458 g/mol. The predicted molar refractivity (Wildman–Crippen MR) is 142 cm³/mol. The van der Waals surface area contributed by atoms with Crippen molar-refractivity contribution < 1.29 is 14.3 Å². The van der Waals surface area contributed by atoms with Gasteiger partial charge in [0.05, 0.1) is 37.5 Å². The zero-order valence-electron chi connectivity index (χ0n) is 19.6. The van der Waals surface area contributed by atoms with Crippen molar-refractivity contribution in [3.05, 3.63) is 94.9 Å². The molecule has 2 aliphatic rings. The van der Waals surface area contributed by atoms with Gasteiger partial charge in [-0.05, 0) is 65.4 Å². The van der Waals surface area contributed by atoms with Gasteiger partial charge in [-0.3, -0.25) is 9.69 Å². The lowest BCUT2D eigenvalue weighted by molar-refractivity contribution is -0.122. The van der Waals surface area contributed by atoms with Gasteiger partial charge in [-0.1, -0.05) is 42.5 Å². The number of amides is 1. The second-order valence-corrected chi connectivity index (χ2v) is 9.28. The number of nitrogens with zero attached hydrogens (tertiary/aromatic N) is 3. The molecule has 0 spiro atoms. The highest BCUT2D eigenvalue weighted by Gasteiger charge is 2.33. The molecule has 7 heteroatoms. The highest BCUT2D eigenvalue weighted by atomic mass is 32.2. The maximum Gasteiger partial charge on any atom is 0.267 e. The summed E-state index contributed by atoms with van der Waals surface area (Å²) in [4.78, 5) is 23.0. The Morgan fingerprint density at radius 2 is 1.69 bits per heavy atom. The van der Waals surface area contributed by atoms with Gasteiger partial charge in [-0.15, -0.1) is 0 Å². The number of benzene rings is 3. The molecule has 0 saturated carbocycles. The number of thioether (sulfide) groups is 1. The third-order valence-corrected chi connectivity index (χ3v) is 6.94. The standard InChI is InChI=1S/C28H27N3O3S/c1-33-25-13-9-22(10-14-25)20-31-27(32)26(35-28(31)29-23-5-3-2-4-6-23)19-21-7-11-24(12-8-21)30-15-17-34-18-16-30/h2-14,19H,15-18,20H2,1H3/b26-19-,29-28?. The van der Waals surface area contributed by atoms with Crippen molar-refractivity contribution in [2.75, 3.05) is 38.3 Å². The van der Waals surface area contributed by atoms with E-state index in [1.165, 1.54) is 17.4 Å². The van der Waals surface area contributed by atoms with E-state index in [-0.39, 0.29) is 5.91 Å². The molecule has 5 rings (SSSR count). The SMILES string of the molecule is COc1ccc(CN2C(=O)/C(=C/c3ccc(N4CCOCC4)cc3)SC2=Nc2ccccc2)cc1. The van der Waals surface area contributed by atoms with E-state index in [4.69, 9.17) is 14.5 Å². The minimum absolute atomic E-state index is 0.0437. The molecule has 0 atom stereocenters. The van der Waals surface area contributed by atoms with E-state index in [2.05, 4.69) is 29.2 Å². The molecule has 0 unspecified atom stereocenters. The van der Waals surface area contributed by atoms with Crippen molar-refractivity contribution in [3.8, 4) is 5.75 Å². The van der Waals surface area contributed by atoms with E-state index in [0.717, 1.165) is 48.9 Å². The number of amidine groups is 1. The third kappa shape index (κ3) is 5.58. The van der Waals surface area contributed by atoms with Gasteiger partial charge >= 0.3 is 0 Å². The number of anilines is 1. The van der Waals surface area contributed by atoms with E-state index in [9.17, 15) is 4.79 Å². The Morgan fingerprint density at radius 1 is 0.971 bits per heavy atom. The van der Waals surface area contributed by atoms with Crippen molar-refractivity contribution in [2.24, 2.45) is 4.99 Å². The number of carbonyl (C=O) groups excluding carboxylic acids is 1. The molecule has 0 aliphatic carbocycles. The summed E-state index contributed by atoms with van der Waals surface area (Å²) in [6.07, 6.45) is 1.95. The molecule has 2 heterocycles. The van der Waals surface area contributed by atoms with Crippen LogP contribution in [-0.2, 0) is 16.1 Å². The number of carbonyl (C=O) groups is 1. The Bertz CT molecular complexity index is 1220. The van der Waals surface area contributed by atoms with Crippen LogP contribution < -0.4 is 9.64 Å². The average Bonchev–Trinajstić information content (AvgIpc) is 3.19. The van der Waals surface area contributed by atoms with E-state index < -0.39 is 0 Å². The van der Waals surface area contributed by atoms with Crippen molar-refractivity contribution in [1.82, 2.24) is 4.90 Å². The monoisotopic (exact) mass is 485 g/mol. The summed E-state index contributed by atoms with van der Waals surface area (Å²) >= 11 is 1.41. The van der Waals surface area contributed by atoms with Crippen LogP contribution in [0.15, 0.2) is 88.8 Å². The van der Waals surface area contributed by atoms with Crippen LogP contribution in [0.5, 0.6) is 5.75 Å². The van der Waals surface area contributed by atoms with Gasteiger partial charge in [0.2, 0.25) is 0 Å². The number of rotatable bonds is 6. The van der Waals surface area contributed by atoms with Gasteiger partial charge in [0, 0.05) is 18.8 Å². The zero-order valence-corrected chi connectivity index (χ0v) is 20.4. The predicted octanol–water partition coefficient (Wildman–Crippen LogP) is 5.34. The molecule has 0 N–H and O–H groups in total. The Balaban J connectivity index is 1.40. The first-order valence-electron chi connectivity index (χ1n) is 11.6. The number of hydrogen-bond acceptors (Lipinski definition) is 6. The maximum atomic E-state index is 13.5. The van der Waals surface area contributed by atoms with Crippen molar-refractivity contribution in [2.45, 2.75) is 6.54 Å². The number of para-hydroxylation sites is 1. The minimum Gasteiger partial charge on any atom is -0.497 e. The normalized spacial score (nSPS) is 18.5. The first-order chi connectivity index (χ1) is 17.2. The van der Waals surface area contributed by atoms with Crippen LogP contribution in [0.4, 0.5) is 11.4 Å². The quantitative estimate of drug-likeness (QED) is 0.442. The number of hydrogen-bond donors (Lipinski definition) is 0. The van der Waals surface area contributed by atoms with Crippen LogP contribution in [0.1, 0.15) is 11.1 Å². The van der Waals surface area contributed by atoms with E-state index in [1.54, 1.807) is 12.0 Å². The lowest BCUT2D eigenvalue weighted by atomic mass is 10.1. The highest BCUT2D eigenvalue weighted by molar-refractivity contribution is 8.18. The maximum absolute atomic E-state index is 13.5. The second-order valence-electron chi connectivity index (χ2n) is 8.27. The third-order valence-electron chi connectivity index (χ3n) is 5.94. The summed E-state index contributed by atoms with van der Waals surface area (Å²) in [6.45, 7) is 3.74. The molecule has 3 aromatic rings. The van der Waals surface area contributed by atoms with Crippen LogP contribution in [0.3, 0.4) is 0 Å². The summed E-state index contributed by atoms with van der Waals surface area (Å²) < 4.78 is 10.7. The molecule has 0 radical (unpaired) electrons. The molecule has 6 nitrogen and oxygen atoms in total. The molecule has 0 aromatic heterocycles. The average molecular weight is 486 g/mol. The smallest absolute Gasteiger partial charge is 0.267 e. The van der Waals surface area contributed by atoms with E-state index >= 15 is 0 Å². The molecular formula is C28H27N3O3S. The largest absolute Gasteiger partial charge is 0.497 e. The number of morpholine rings is 1. The zero-order chi connectivity index (χ0) is 24.0. The van der Waals surface area contributed by atoms with Gasteiger partial charge in [0.25, 0.3) is 5.91 Å². The highest BCUT2D eigenvalue weighted by Crippen LogP contribution is 2.35. The molecule has 2 saturated heterocycles. The van der Waals surface area contributed by atoms with Crippen LogP contribution in [0.2, 0.25) is 0 Å². The Kier molecular flexibility index (Phi) is 7.16. The fraction of sp³-hybridized carbons (Fsp3) is 0.214. The van der Waals surface area contributed by atoms with Crippen LogP contribution in [-0.4, -0.2) is 49.4 Å². The first kappa shape index (κ1) is 23.2. The Hall–Kier alpha value is -3.55. The van der Waals surface area contributed by atoms with Gasteiger partial charge in [-0.25, -0.2) is 4.99 Å². The number of methoxy groups -OCH3 is 1. The van der Waals surface area contributed by atoms with Crippen molar-refractivity contribution in [1.29, 1.82) is 0 Å².